The van der Waals surface area contributed by atoms with Crippen molar-refractivity contribution >= 4 is 39.7 Å². The number of carbonyl (C=O) groups is 4. The molecule has 0 heterocycles. The van der Waals surface area contributed by atoms with E-state index < -0.39 is 46.2 Å². The van der Waals surface area contributed by atoms with Gasteiger partial charge >= 0.3 is 18.0 Å². The van der Waals surface area contributed by atoms with Gasteiger partial charge in [0, 0.05) is 17.8 Å². The summed E-state index contributed by atoms with van der Waals surface area (Å²) in [4.78, 5) is 50.7. The van der Waals surface area contributed by atoms with Crippen LogP contribution in [0, 0.1) is 17.8 Å². The number of benzene rings is 2. The monoisotopic (exact) mass is 555 g/mol. The van der Waals surface area contributed by atoms with Crippen molar-refractivity contribution in [2.24, 2.45) is 17.8 Å². The van der Waals surface area contributed by atoms with E-state index in [1.165, 1.54) is 0 Å². The van der Waals surface area contributed by atoms with Crippen molar-refractivity contribution in [1.82, 2.24) is 5.32 Å². The van der Waals surface area contributed by atoms with E-state index in [1.54, 1.807) is 13.8 Å². The number of ketones is 1. The smallest absolute Gasteiger partial charge is 0.408 e. The SMILES string of the molecule is CCOC(=O)[C@H]1[C@@H]2C(=O)C(Br)[C@@](NC(=O)OCC3c4ccccc4-c4ccccc43)(C(=O)OCC)[C@H]12. The molecule has 1 unspecified atom stereocenters. The number of hydrogen-bond donors (Lipinski definition) is 1. The Hall–Kier alpha value is -3.20. The molecule has 1 amide bonds. The third-order valence-corrected chi connectivity index (χ3v) is 8.52. The Kier molecular flexibility index (Phi) is 6.36. The van der Waals surface area contributed by atoms with Gasteiger partial charge in [0.2, 0.25) is 0 Å². The van der Waals surface area contributed by atoms with Gasteiger partial charge in [0.05, 0.1) is 19.1 Å². The topological polar surface area (TPSA) is 108 Å². The first kappa shape index (κ1) is 24.5. The largest absolute Gasteiger partial charge is 0.466 e. The van der Waals surface area contributed by atoms with E-state index in [2.05, 4.69) is 21.2 Å². The average Bonchev–Trinajstić information content (AvgIpc) is 3.49. The van der Waals surface area contributed by atoms with Crippen molar-refractivity contribution < 1.29 is 33.4 Å². The van der Waals surface area contributed by atoms with E-state index in [-0.39, 0.29) is 31.5 Å². The number of esters is 2. The fourth-order valence-electron chi connectivity index (χ4n) is 5.82. The molecule has 0 saturated heterocycles. The summed E-state index contributed by atoms with van der Waals surface area (Å²) >= 11 is 3.30. The van der Waals surface area contributed by atoms with E-state index >= 15 is 0 Å². The van der Waals surface area contributed by atoms with Crippen LogP contribution in [-0.2, 0) is 28.6 Å². The Morgan fingerprint density at radius 1 is 0.917 bits per heavy atom. The number of fused-ring (bicyclic) bond motifs is 4. The first-order valence-electron chi connectivity index (χ1n) is 12.0. The van der Waals surface area contributed by atoms with Crippen LogP contribution < -0.4 is 5.32 Å². The average molecular weight is 556 g/mol. The second kappa shape index (κ2) is 9.35. The van der Waals surface area contributed by atoms with Crippen LogP contribution in [0.3, 0.4) is 0 Å². The number of carbonyl (C=O) groups excluding carboxylic acids is 4. The molecule has 2 fully saturated rings. The predicted octanol–water partition coefficient (Wildman–Crippen LogP) is 3.60. The van der Waals surface area contributed by atoms with Crippen LogP contribution in [0.2, 0.25) is 0 Å². The third-order valence-electron chi connectivity index (χ3n) is 7.35. The number of amides is 1. The molecule has 0 aliphatic heterocycles. The lowest BCUT2D eigenvalue weighted by atomic mass is 9.89. The highest BCUT2D eigenvalue weighted by atomic mass is 79.9. The first-order chi connectivity index (χ1) is 17.4. The van der Waals surface area contributed by atoms with Crippen molar-refractivity contribution in [2.75, 3.05) is 19.8 Å². The third kappa shape index (κ3) is 3.63. The van der Waals surface area contributed by atoms with Crippen LogP contribution in [0.25, 0.3) is 11.1 Å². The summed E-state index contributed by atoms with van der Waals surface area (Å²) in [5, 5.41) is 2.64. The maximum absolute atomic E-state index is 13.2. The van der Waals surface area contributed by atoms with Crippen molar-refractivity contribution in [1.29, 1.82) is 0 Å². The number of rotatable bonds is 7. The van der Waals surface area contributed by atoms with Crippen molar-refractivity contribution in [2.45, 2.75) is 30.1 Å². The van der Waals surface area contributed by atoms with E-state index in [0.29, 0.717) is 0 Å². The quantitative estimate of drug-likeness (QED) is 0.316. The fraction of sp³-hybridized carbons (Fsp3) is 0.407. The van der Waals surface area contributed by atoms with Crippen LogP contribution in [-0.4, -0.2) is 54.0 Å². The zero-order chi connectivity index (χ0) is 25.6. The molecule has 9 heteroatoms. The minimum Gasteiger partial charge on any atom is -0.466 e. The number of alkyl carbamates (subject to hydrolysis) is 1. The molecule has 5 atom stereocenters. The summed E-state index contributed by atoms with van der Waals surface area (Å²) in [7, 11) is 0. The normalized spacial score (nSPS) is 27.5. The number of halogens is 1. The Morgan fingerprint density at radius 3 is 2.08 bits per heavy atom. The highest BCUT2D eigenvalue weighted by Crippen LogP contribution is 2.63. The zero-order valence-electron chi connectivity index (χ0n) is 19.9. The van der Waals surface area contributed by atoms with Crippen molar-refractivity contribution in [3.8, 4) is 11.1 Å². The van der Waals surface area contributed by atoms with Crippen LogP contribution in [0.4, 0.5) is 4.79 Å². The molecule has 2 aromatic rings. The molecular weight excluding hydrogens is 530 g/mol. The molecule has 0 bridgehead atoms. The van der Waals surface area contributed by atoms with Gasteiger partial charge in [-0.25, -0.2) is 9.59 Å². The van der Waals surface area contributed by atoms with E-state index in [4.69, 9.17) is 14.2 Å². The summed E-state index contributed by atoms with van der Waals surface area (Å²) < 4.78 is 16.0. The fourth-order valence-corrected chi connectivity index (χ4v) is 6.73. The molecule has 3 aliphatic rings. The summed E-state index contributed by atoms with van der Waals surface area (Å²) in [6, 6.07) is 15.9. The second-order valence-electron chi connectivity index (χ2n) is 9.13. The van der Waals surface area contributed by atoms with Gasteiger partial charge in [-0.05, 0) is 36.1 Å². The lowest BCUT2D eigenvalue weighted by Gasteiger charge is -2.33. The van der Waals surface area contributed by atoms with Gasteiger partial charge in [0.15, 0.2) is 11.3 Å². The van der Waals surface area contributed by atoms with Gasteiger partial charge in [-0.15, -0.1) is 0 Å². The first-order valence-corrected chi connectivity index (χ1v) is 12.9. The Labute approximate surface area is 216 Å². The Morgan fingerprint density at radius 2 is 1.50 bits per heavy atom. The van der Waals surface area contributed by atoms with E-state index in [9.17, 15) is 19.2 Å². The zero-order valence-corrected chi connectivity index (χ0v) is 21.4. The van der Waals surface area contributed by atoms with Crippen molar-refractivity contribution in [3.05, 3.63) is 59.7 Å². The molecule has 0 spiro atoms. The molecule has 1 N–H and O–H groups in total. The van der Waals surface area contributed by atoms with Gasteiger partial charge in [0.1, 0.15) is 11.4 Å². The molecule has 0 radical (unpaired) electrons. The molecule has 3 aliphatic carbocycles. The van der Waals surface area contributed by atoms with Crippen LogP contribution in [0.5, 0.6) is 0 Å². The predicted molar refractivity (Wildman–Crippen MR) is 132 cm³/mol. The van der Waals surface area contributed by atoms with Gasteiger partial charge in [0.25, 0.3) is 0 Å². The molecule has 5 rings (SSSR count). The van der Waals surface area contributed by atoms with Gasteiger partial charge in [-0.2, -0.15) is 0 Å². The Bertz CT molecular complexity index is 1200. The molecule has 0 aromatic heterocycles. The number of hydrogen-bond acceptors (Lipinski definition) is 7. The highest BCUT2D eigenvalue weighted by molar-refractivity contribution is 9.10. The number of Topliss-reactive ketones (excluding diaryl/α,β-unsaturated/α-hetero) is 1. The standard InChI is InChI=1S/C27H26BrNO7/c1-3-34-24(31)20-19-21(20)27(23(28)22(19)30,25(32)35-4-2)29-26(33)36-13-18-16-11-7-5-9-14(16)15-10-6-8-12-17(15)18/h5-12,18-21,23H,3-4,13H2,1-2H3,(H,29,33)/t19-,20-,21-,23?,27+/m0/s1. The lowest BCUT2D eigenvalue weighted by Crippen LogP contribution is -2.63. The molecule has 2 saturated carbocycles. The van der Waals surface area contributed by atoms with Crippen LogP contribution in [0.15, 0.2) is 48.5 Å². The van der Waals surface area contributed by atoms with Crippen LogP contribution >= 0.6 is 15.9 Å². The van der Waals surface area contributed by atoms with Gasteiger partial charge in [-0.3, -0.25) is 9.59 Å². The second-order valence-corrected chi connectivity index (χ2v) is 10.1. The van der Waals surface area contributed by atoms with E-state index in [1.807, 2.05) is 48.5 Å². The van der Waals surface area contributed by atoms with Crippen LogP contribution in [0.1, 0.15) is 30.9 Å². The van der Waals surface area contributed by atoms with E-state index in [0.717, 1.165) is 22.3 Å². The molecule has 8 nitrogen and oxygen atoms in total. The highest BCUT2D eigenvalue weighted by Gasteiger charge is 2.80. The molecular formula is C27H26BrNO7. The number of ether oxygens (including phenoxy) is 3. The number of nitrogens with one attached hydrogen (secondary N) is 1. The molecule has 2 aromatic carbocycles. The summed E-state index contributed by atoms with van der Waals surface area (Å²) in [5.74, 6) is -4.18. The van der Waals surface area contributed by atoms with Gasteiger partial charge in [-0.1, -0.05) is 64.5 Å². The lowest BCUT2D eigenvalue weighted by molar-refractivity contribution is -0.154. The van der Waals surface area contributed by atoms with Gasteiger partial charge < -0.3 is 19.5 Å². The minimum absolute atomic E-state index is 0.0368. The summed E-state index contributed by atoms with van der Waals surface area (Å²) in [5.41, 5.74) is 2.50. The molecule has 188 valence electrons. The minimum atomic E-state index is -1.77. The summed E-state index contributed by atoms with van der Waals surface area (Å²) in [6.45, 7) is 3.52. The summed E-state index contributed by atoms with van der Waals surface area (Å²) in [6.07, 6.45) is -0.864. The number of alkyl halides is 1. The maximum Gasteiger partial charge on any atom is 0.408 e. The van der Waals surface area contributed by atoms with Crippen molar-refractivity contribution in [3.63, 3.8) is 0 Å². The molecule has 36 heavy (non-hydrogen) atoms. The maximum atomic E-state index is 13.2. The Balaban J connectivity index is 1.38.